The number of nitrogens with one attached hydrogen (secondary N) is 1. The molecule has 2 heterocycles. The normalized spacial score (nSPS) is 19.2. The van der Waals surface area contributed by atoms with E-state index in [-0.39, 0.29) is 25.1 Å². The average Bonchev–Trinajstić information content (AvgIpc) is 2.23. The van der Waals surface area contributed by atoms with Gasteiger partial charge in [0.2, 0.25) is 0 Å². The van der Waals surface area contributed by atoms with E-state index in [0.29, 0.717) is 6.54 Å². The number of alkyl halides is 4. The van der Waals surface area contributed by atoms with Crippen molar-refractivity contribution in [2.75, 3.05) is 19.6 Å². The molecule has 0 atom stereocenters. The van der Waals surface area contributed by atoms with E-state index in [1.807, 2.05) is 0 Å². The Morgan fingerprint density at radius 3 is 2.63 bits per heavy atom. The lowest BCUT2D eigenvalue weighted by molar-refractivity contribution is -0.142. The van der Waals surface area contributed by atoms with E-state index >= 15 is 0 Å². The standard InChI is InChI=1S/C11H13F4N3O/c1-10(12)5-18(6-10)3-2-7-4-16-9(19)17-8(7)11(13,14)15/h4H,2-3,5-6H2,1H3,(H,16,17,19). The number of aromatic nitrogens is 2. The van der Waals surface area contributed by atoms with Crippen molar-refractivity contribution in [3.63, 3.8) is 0 Å². The molecule has 106 valence electrons. The van der Waals surface area contributed by atoms with Gasteiger partial charge >= 0.3 is 11.9 Å². The third-order valence-corrected chi connectivity index (χ3v) is 2.98. The monoisotopic (exact) mass is 279 g/mol. The number of aromatic amines is 1. The zero-order valence-electron chi connectivity index (χ0n) is 10.2. The molecule has 1 aliphatic rings. The third-order valence-electron chi connectivity index (χ3n) is 2.98. The van der Waals surface area contributed by atoms with Crippen LogP contribution >= 0.6 is 0 Å². The van der Waals surface area contributed by atoms with Crippen LogP contribution < -0.4 is 5.69 Å². The number of H-pyrrole nitrogens is 1. The fourth-order valence-electron chi connectivity index (χ4n) is 2.19. The zero-order chi connectivity index (χ0) is 14.3. The maximum atomic E-state index is 13.2. The molecular formula is C11H13F4N3O. The molecule has 1 aliphatic heterocycles. The zero-order valence-corrected chi connectivity index (χ0v) is 10.2. The van der Waals surface area contributed by atoms with E-state index in [4.69, 9.17) is 0 Å². The Balaban J connectivity index is 2.06. The van der Waals surface area contributed by atoms with E-state index in [1.165, 1.54) is 6.92 Å². The van der Waals surface area contributed by atoms with Crippen molar-refractivity contribution in [2.45, 2.75) is 25.2 Å². The van der Waals surface area contributed by atoms with Gasteiger partial charge in [-0.25, -0.2) is 14.2 Å². The Morgan fingerprint density at radius 1 is 1.47 bits per heavy atom. The predicted octanol–water partition coefficient (Wildman–Crippen LogP) is 1.38. The fraction of sp³-hybridized carbons (Fsp3) is 0.636. The van der Waals surface area contributed by atoms with Crippen molar-refractivity contribution in [2.24, 2.45) is 0 Å². The number of rotatable bonds is 3. The van der Waals surface area contributed by atoms with Gasteiger partial charge < -0.3 is 4.98 Å². The molecule has 0 unspecified atom stereocenters. The van der Waals surface area contributed by atoms with E-state index < -0.39 is 23.2 Å². The fourth-order valence-corrected chi connectivity index (χ4v) is 2.19. The van der Waals surface area contributed by atoms with Crippen LogP contribution in [-0.2, 0) is 12.6 Å². The molecule has 19 heavy (non-hydrogen) atoms. The highest BCUT2D eigenvalue weighted by molar-refractivity contribution is 5.19. The van der Waals surface area contributed by atoms with Crippen LogP contribution in [0.4, 0.5) is 17.6 Å². The predicted molar refractivity (Wildman–Crippen MR) is 59.5 cm³/mol. The number of nitrogens with zero attached hydrogens (tertiary/aromatic N) is 2. The molecule has 0 bridgehead atoms. The Hall–Kier alpha value is -1.44. The number of hydrogen-bond acceptors (Lipinski definition) is 3. The first-order valence-corrected chi connectivity index (χ1v) is 5.74. The van der Waals surface area contributed by atoms with Gasteiger partial charge in [-0.3, -0.25) is 4.90 Å². The molecule has 1 aromatic rings. The van der Waals surface area contributed by atoms with Crippen LogP contribution in [0.2, 0.25) is 0 Å². The maximum absolute atomic E-state index is 13.2. The molecular weight excluding hydrogens is 266 g/mol. The van der Waals surface area contributed by atoms with Crippen LogP contribution in [0, 0.1) is 0 Å². The summed E-state index contributed by atoms with van der Waals surface area (Å²) in [5, 5.41) is 0. The van der Waals surface area contributed by atoms with Gasteiger partial charge in [0.25, 0.3) is 0 Å². The van der Waals surface area contributed by atoms with Crippen molar-refractivity contribution in [1.29, 1.82) is 0 Å². The van der Waals surface area contributed by atoms with Crippen LogP contribution in [0.15, 0.2) is 11.0 Å². The lowest BCUT2D eigenvalue weighted by atomic mass is 9.98. The highest BCUT2D eigenvalue weighted by Crippen LogP contribution is 2.30. The first kappa shape index (κ1) is 14.0. The van der Waals surface area contributed by atoms with Gasteiger partial charge in [-0.05, 0) is 13.3 Å². The van der Waals surface area contributed by atoms with Crippen LogP contribution in [0.25, 0.3) is 0 Å². The summed E-state index contributed by atoms with van der Waals surface area (Å²) < 4.78 is 51.3. The molecule has 0 saturated carbocycles. The van der Waals surface area contributed by atoms with Gasteiger partial charge in [-0.1, -0.05) is 0 Å². The van der Waals surface area contributed by atoms with Crippen LogP contribution in [0.1, 0.15) is 18.2 Å². The van der Waals surface area contributed by atoms with E-state index in [2.05, 4.69) is 4.98 Å². The molecule has 1 aromatic heterocycles. The maximum Gasteiger partial charge on any atom is 0.431 e. The SMILES string of the molecule is CC1(F)CN(CCc2cnc(=O)[nH]c2C(F)(F)F)C1. The quantitative estimate of drug-likeness (QED) is 0.850. The minimum atomic E-state index is -4.62. The smallest absolute Gasteiger partial charge is 0.301 e. The van der Waals surface area contributed by atoms with Crippen molar-refractivity contribution < 1.29 is 17.6 Å². The Kier molecular flexibility index (Phi) is 3.38. The molecule has 1 saturated heterocycles. The van der Waals surface area contributed by atoms with E-state index in [0.717, 1.165) is 6.20 Å². The topological polar surface area (TPSA) is 49.0 Å². The molecule has 8 heteroatoms. The second kappa shape index (κ2) is 4.59. The molecule has 2 rings (SSSR count). The molecule has 0 amide bonds. The number of hydrogen-bond donors (Lipinski definition) is 1. The van der Waals surface area contributed by atoms with Gasteiger partial charge in [0.1, 0.15) is 11.4 Å². The van der Waals surface area contributed by atoms with Gasteiger partial charge in [0, 0.05) is 31.4 Å². The third kappa shape index (κ3) is 3.31. The summed E-state index contributed by atoms with van der Waals surface area (Å²) in [7, 11) is 0. The molecule has 0 aliphatic carbocycles. The Labute approximate surface area is 106 Å². The number of likely N-dealkylation sites (tertiary alicyclic amines) is 1. The van der Waals surface area contributed by atoms with Gasteiger partial charge in [0.15, 0.2) is 0 Å². The van der Waals surface area contributed by atoms with Crippen LogP contribution in [0.3, 0.4) is 0 Å². The molecule has 1 N–H and O–H groups in total. The lowest BCUT2D eigenvalue weighted by Crippen LogP contribution is -2.57. The Bertz CT molecular complexity index is 515. The van der Waals surface area contributed by atoms with Crippen LogP contribution in [-0.4, -0.2) is 40.2 Å². The average molecular weight is 279 g/mol. The molecule has 1 fully saturated rings. The molecule has 0 spiro atoms. The first-order chi connectivity index (χ1) is 8.67. The molecule has 4 nitrogen and oxygen atoms in total. The molecule has 0 aromatic carbocycles. The lowest BCUT2D eigenvalue weighted by Gasteiger charge is -2.42. The van der Waals surface area contributed by atoms with Crippen LogP contribution in [0.5, 0.6) is 0 Å². The summed E-state index contributed by atoms with van der Waals surface area (Å²) in [5.41, 5.74) is -3.44. The van der Waals surface area contributed by atoms with Crippen molar-refractivity contribution in [3.8, 4) is 0 Å². The Morgan fingerprint density at radius 2 is 2.11 bits per heavy atom. The first-order valence-electron chi connectivity index (χ1n) is 5.74. The summed E-state index contributed by atoms with van der Waals surface area (Å²) in [6, 6.07) is 0. The summed E-state index contributed by atoms with van der Waals surface area (Å²) in [6.45, 7) is 2.18. The van der Waals surface area contributed by atoms with E-state index in [9.17, 15) is 22.4 Å². The van der Waals surface area contributed by atoms with Gasteiger partial charge in [-0.15, -0.1) is 0 Å². The highest BCUT2D eigenvalue weighted by atomic mass is 19.4. The number of halogens is 4. The van der Waals surface area contributed by atoms with E-state index in [1.54, 1.807) is 9.88 Å². The highest BCUT2D eigenvalue weighted by Gasteiger charge is 2.39. The van der Waals surface area contributed by atoms with Crippen molar-refractivity contribution >= 4 is 0 Å². The minimum absolute atomic E-state index is 0.0642. The summed E-state index contributed by atoms with van der Waals surface area (Å²) in [5.74, 6) is 0. The summed E-state index contributed by atoms with van der Waals surface area (Å²) >= 11 is 0. The van der Waals surface area contributed by atoms with Crippen molar-refractivity contribution in [3.05, 3.63) is 27.9 Å². The second-order valence-electron chi connectivity index (χ2n) is 4.96. The molecule has 0 radical (unpaired) electrons. The largest absolute Gasteiger partial charge is 0.431 e. The second-order valence-corrected chi connectivity index (χ2v) is 4.96. The summed E-state index contributed by atoms with van der Waals surface area (Å²) in [6.07, 6.45) is -3.63. The minimum Gasteiger partial charge on any atom is -0.301 e. The van der Waals surface area contributed by atoms with Crippen molar-refractivity contribution in [1.82, 2.24) is 14.9 Å². The summed E-state index contributed by atoms with van der Waals surface area (Å²) in [4.78, 5) is 17.6. The van der Waals surface area contributed by atoms with Gasteiger partial charge in [-0.2, -0.15) is 13.2 Å². The van der Waals surface area contributed by atoms with Gasteiger partial charge in [0.05, 0.1) is 0 Å².